The number of aromatic nitrogens is 1. The van der Waals surface area contributed by atoms with Crippen LogP contribution in [0.4, 0.5) is 5.69 Å². The van der Waals surface area contributed by atoms with E-state index in [9.17, 15) is 4.79 Å². The molecule has 3 nitrogen and oxygen atoms in total. The van der Waals surface area contributed by atoms with E-state index in [2.05, 4.69) is 22.4 Å². The number of hydrogen-bond donors (Lipinski definition) is 1. The number of para-hydroxylation sites is 1. The van der Waals surface area contributed by atoms with Gasteiger partial charge < -0.3 is 5.32 Å². The highest BCUT2D eigenvalue weighted by molar-refractivity contribution is 7.99. The molecule has 0 saturated carbocycles. The highest BCUT2D eigenvalue weighted by Crippen LogP contribution is 2.25. The second kappa shape index (κ2) is 7.49. The summed E-state index contributed by atoms with van der Waals surface area (Å²) in [6.45, 7) is 3.88. The number of thioether (sulfide) groups is 1. The standard InChI is InChI=1S/C20H20N2OS/c1-14-12-19(17-10-6-7-11-18(17)21-14)22-20(23)15(2)24-13-16-8-4-3-5-9-16/h3-12,15H,13H2,1-2H3,(H,21,22,23). The van der Waals surface area contributed by atoms with E-state index in [1.54, 1.807) is 11.8 Å². The first-order chi connectivity index (χ1) is 11.6. The molecule has 1 amide bonds. The summed E-state index contributed by atoms with van der Waals surface area (Å²) < 4.78 is 0. The number of pyridine rings is 1. The van der Waals surface area contributed by atoms with Crippen LogP contribution in [-0.2, 0) is 10.5 Å². The molecule has 1 atom stereocenters. The van der Waals surface area contributed by atoms with Gasteiger partial charge in [-0.05, 0) is 31.5 Å². The van der Waals surface area contributed by atoms with Crippen LogP contribution in [0.5, 0.6) is 0 Å². The van der Waals surface area contributed by atoms with E-state index in [1.807, 2.05) is 62.4 Å². The summed E-state index contributed by atoms with van der Waals surface area (Å²) in [5, 5.41) is 3.90. The first kappa shape index (κ1) is 16.5. The van der Waals surface area contributed by atoms with Gasteiger partial charge >= 0.3 is 0 Å². The minimum absolute atomic E-state index is 0.0201. The van der Waals surface area contributed by atoms with E-state index < -0.39 is 0 Å². The zero-order valence-electron chi connectivity index (χ0n) is 13.8. The summed E-state index contributed by atoms with van der Waals surface area (Å²) in [4.78, 5) is 17.0. The van der Waals surface area contributed by atoms with E-state index in [0.29, 0.717) is 0 Å². The average molecular weight is 336 g/mol. The molecule has 122 valence electrons. The third-order valence-electron chi connectivity index (χ3n) is 3.81. The number of benzene rings is 2. The van der Waals surface area contributed by atoms with Crippen molar-refractivity contribution in [2.45, 2.75) is 24.9 Å². The summed E-state index contributed by atoms with van der Waals surface area (Å²) in [6, 6.07) is 20.0. The zero-order chi connectivity index (χ0) is 16.9. The van der Waals surface area contributed by atoms with E-state index in [4.69, 9.17) is 0 Å². The number of hydrogen-bond acceptors (Lipinski definition) is 3. The number of fused-ring (bicyclic) bond motifs is 1. The molecule has 3 aromatic rings. The smallest absolute Gasteiger partial charge is 0.237 e. The molecule has 2 aromatic carbocycles. The number of aryl methyl sites for hydroxylation is 1. The predicted molar refractivity (Wildman–Crippen MR) is 102 cm³/mol. The number of nitrogens with zero attached hydrogens (tertiary/aromatic N) is 1. The third kappa shape index (κ3) is 3.95. The van der Waals surface area contributed by atoms with Crippen molar-refractivity contribution in [1.82, 2.24) is 4.98 Å². The Morgan fingerprint density at radius 1 is 1.12 bits per heavy atom. The molecule has 1 N–H and O–H groups in total. The number of anilines is 1. The summed E-state index contributed by atoms with van der Waals surface area (Å²) >= 11 is 1.64. The van der Waals surface area contributed by atoms with Gasteiger partial charge in [0.25, 0.3) is 0 Å². The predicted octanol–water partition coefficient (Wildman–Crippen LogP) is 4.80. The van der Waals surface area contributed by atoms with Crippen LogP contribution >= 0.6 is 11.8 Å². The van der Waals surface area contributed by atoms with Crippen LogP contribution in [-0.4, -0.2) is 16.1 Å². The van der Waals surface area contributed by atoms with Crippen LogP contribution in [0.25, 0.3) is 10.9 Å². The fourth-order valence-corrected chi connectivity index (χ4v) is 3.36. The lowest BCUT2D eigenvalue weighted by Gasteiger charge is -2.14. The Morgan fingerprint density at radius 3 is 2.62 bits per heavy atom. The molecule has 0 fully saturated rings. The molecule has 24 heavy (non-hydrogen) atoms. The van der Waals surface area contributed by atoms with E-state index in [1.165, 1.54) is 5.56 Å². The Labute approximate surface area is 146 Å². The van der Waals surface area contributed by atoms with Crippen molar-refractivity contribution in [2.24, 2.45) is 0 Å². The first-order valence-corrected chi connectivity index (χ1v) is 9.01. The highest BCUT2D eigenvalue weighted by Gasteiger charge is 2.15. The van der Waals surface area contributed by atoms with E-state index in [-0.39, 0.29) is 11.2 Å². The van der Waals surface area contributed by atoms with Gasteiger partial charge in [0, 0.05) is 16.8 Å². The second-order valence-corrected chi connectivity index (χ2v) is 7.09. The maximum atomic E-state index is 12.5. The summed E-state index contributed by atoms with van der Waals surface area (Å²) in [7, 11) is 0. The van der Waals surface area contributed by atoms with E-state index >= 15 is 0 Å². The molecular weight excluding hydrogens is 316 g/mol. The quantitative estimate of drug-likeness (QED) is 0.727. The minimum Gasteiger partial charge on any atom is -0.324 e. The molecule has 0 radical (unpaired) electrons. The molecule has 0 aliphatic carbocycles. The van der Waals surface area contributed by atoms with Gasteiger partial charge in [-0.1, -0.05) is 48.5 Å². The van der Waals surface area contributed by atoms with Crippen molar-refractivity contribution in [3.05, 3.63) is 71.9 Å². The molecule has 0 spiro atoms. The maximum absolute atomic E-state index is 12.5. The largest absolute Gasteiger partial charge is 0.324 e. The number of rotatable bonds is 5. The maximum Gasteiger partial charge on any atom is 0.237 e. The van der Waals surface area contributed by atoms with Crippen LogP contribution in [0, 0.1) is 6.92 Å². The van der Waals surface area contributed by atoms with Gasteiger partial charge in [-0.25, -0.2) is 0 Å². The number of nitrogens with one attached hydrogen (secondary N) is 1. The van der Waals surface area contributed by atoms with Crippen molar-refractivity contribution in [1.29, 1.82) is 0 Å². The molecule has 4 heteroatoms. The average Bonchev–Trinajstić information content (AvgIpc) is 2.60. The fraction of sp³-hybridized carbons (Fsp3) is 0.200. The second-order valence-electron chi connectivity index (χ2n) is 5.76. The fourth-order valence-electron chi connectivity index (χ4n) is 2.52. The van der Waals surface area contributed by atoms with Crippen LogP contribution in [0.15, 0.2) is 60.7 Å². The van der Waals surface area contributed by atoms with Gasteiger partial charge in [0.2, 0.25) is 5.91 Å². The van der Waals surface area contributed by atoms with Gasteiger partial charge in [0.1, 0.15) is 0 Å². The van der Waals surface area contributed by atoms with Crippen molar-refractivity contribution in [2.75, 3.05) is 5.32 Å². The van der Waals surface area contributed by atoms with Gasteiger partial charge in [-0.15, -0.1) is 11.8 Å². The van der Waals surface area contributed by atoms with Crippen LogP contribution in [0.2, 0.25) is 0 Å². The molecule has 0 aliphatic rings. The summed E-state index contributed by atoms with van der Waals surface area (Å²) in [5.74, 6) is 0.845. The van der Waals surface area contributed by atoms with Crippen molar-refractivity contribution in [3.63, 3.8) is 0 Å². The molecule has 1 heterocycles. The number of carbonyl (C=O) groups is 1. The SMILES string of the molecule is Cc1cc(NC(=O)C(C)SCc2ccccc2)c2ccccc2n1. The zero-order valence-corrected chi connectivity index (χ0v) is 14.6. The lowest BCUT2D eigenvalue weighted by atomic mass is 10.1. The molecule has 1 aromatic heterocycles. The van der Waals surface area contributed by atoms with Crippen molar-refractivity contribution >= 4 is 34.3 Å². The van der Waals surface area contributed by atoms with Crippen molar-refractivity contribution < 1.29 is 4.79 Å². The van der Waals surface area contributed by atoms with E-state index in [0.717, 1.165) is 28.0 Å². The monoisotopic (exact) mass is 336 g/mol. The van der Waals surface area contributed by atoms with Crippen LogP contribution in [0.3, 0.4) is 0 Å². The first-order valence-electron chi connectivity index (χ1n) is 7.96. The Hall–Kier alpha value is -2.33. The number of carbonyl (C=O) groups excluding carboxylic acids is 1. The van der Waals surface area contributed by atoms with Gasteiger partial charge in [0.15, 0.2) is 0 Å². The van der Waals surface area contributed by atoms with Gasteiger partial charge in [-0.3, -0.25) is 9.78 Å². The molecule has 3 rings (SSSR count). The Morgan fingerprint density at radius 2 is 1.83 bits per heavy atom. The Kier molecular flexibility index (Phi) is 5.16. The molecule has 0 bridgehead atoms. The minimum atomic E-state index is -0.127. The third-order valence-corrected chi connectivity index (χ3v) is 5.03. The summed E-state index contributed by atoms with van der Waals surface area (Å²) in [5.41, 5.74) is 3.86. The summed E-state index contributed by atoms with van der Waals surface area (Å²) in [6.07, 6.45) is 0. The molecule has 0 saturated heterocycles. The Balaban J connectivity index is 1.70. The van der Waals surface area contributed by atoms with Crippen LogP contribution < -0.4 is 5.32 Å². The van der Waals surface area contributed by atoms with Gasteiger partial charge in [0.05, 0.1) is 16.5 Å². The molecule has 0 aliphatic heterocycles. The van der Waals surface area contributed by atoms with Gasteiger partial charge in [-0.2, -0.15) is 0 Å². The van der Waals surface area contributed by atoms with Crippen LogP contribution in [0.1, 0.15) is 18.2 Å². The highest BCUT2D eigenvalue weighted by atomic mass is 32.2. The normalized spacial score (nSPS) is 12.1. The topological polar surface area (TPSA) is 42.0 Å². The Bertz CT molecular complexity index is 849. The lowest BCUT2D eigenvalue weighted by Crippen LogP contribution is -2.22. The van der Waals surface area contributed by atoms with Crippen molar-refractivity contribution in [3.8, 4) is 0 Å². The molecular formula is C20H20N2OS. The number of amides is 1. The molecule has 1 unspecified atom stereocenters. The lowest BCUT2D eigenvalue weighted by molar-refractivity contribution is -0.115.